The van der Waals surface area contributed by atoms with Crippen molar-refractivity contribution in [1.82, 2.24) is 4.90 Å². The zero-order valence-electron chi connectivity index (χ0n) is 11.1. The fourth-order valence-corrected chi connectivity index (χ4v) is 2.97. The molecule has 4 heteroatoms. The van der Waals surface area contributed by atoms with Gasteiger partial charge in [0.05, 0.1) is 25.3 Å². The van der Waals surface area contributed by atoms with Crippen LogP contribution in [0, 0.1) is 0 Å². The number of hydrogen-bond donors (Lipinski definition) is 0. The van der Waals surface area contributed by atoms with Gasteiger partial charge < -0.3 is 9.64 Å². The number of thiophene rings is 1. The second-order valence-corrected chi connectivity index (χ2v) is 5.77. The van der Waals surface area contributed by atoms with Crippen LogP contribution in [0.3, 0.4) is 0 Å². The molecule has 1 saturated heterocycles. The van der Waals surface area contributed by atoms with Crippen LogP contribution in [0.5, 0.6) is 0 Å². The van der Waals surface area contributed by atoms with Gasteiger partial charge in [0.15, 0.2) is 0 Å². The molecule has 1 aromatic heterocycles. The molecule has 1 fully saturated rings. The van der Waals surface area contributed by atoms with E-state index in [0.717, 1.165) is 10.5 Å². The monoisotopic (exact) mass is 265 g/mol. The summed E-state index contributed by atoms with van der Waals surface area (Å²) in [5.74, 6) is 0.117. The van der Waals surface area contributed by atoms with Gasteiger partial charge in [0.1, 0.15) is 0 Å². The molecule has 2 atom stereocenters. The van der Waals surface area contributed by atoms with Gasteiger partial charge in [-0.25, -0.2) is 0 Å². The third-order valence-electron chi connectivity index (χ3n) is 3.14. The Bertz CT molecular complexity index is 429. The van der Waals surface area contributed by atoms with E-state index in [1.807, 2.05) is 49.3 Å². The van der Waals surface area contributed by atoms with Crippen molar-refractivity contribution in [3.8, 4) is 0 Å². The lowest BCUT2D eigenvalue weighted by atomic mass is 10.1. The first kappa shape index (κ1) is 13.3. The summed E-state index contributed by atoms with van der Waals surface area (Å²) in [5.41, 5.74) is 0.790. The van der Waals surface area contributed by atoms with Gasteiger partial charge >= 0.3 is 0 Å². The fraction of sp³-hybridized carbons (Fsp3) is 0.500. The summed E-state index contributed by atoms with van der Waals surface area (Å²) >= 11 is 1.65. The molecular formula is C14H19NO2S. The number of ether oxygens (including phenoxy) is 1. The maximum absolute atomic E-state index is 12.5. The Morgan fingerprint density at radius 2 is 2.11 bits per heavy atom. The minimum absolute atomic E-state index is 0.117. The molecule has 0 spiro atoms. The first-order valence-electron chi connectivity index (χ1n) is 6.22. The minimum Gasteiger partial charge on any atom is -0.377 e. The van der Waals surface area contributed by atoms with Gasteiger partial charge in [0, 0.05) is 10.5 Å². The van der Waals surface area contributed by atoms with Gasteiger partial charge in [-0.2, -0.15) is 0 Å². The SMILES string of the molecule is C/C(=C\c1cccs1)C(=O)N1C(C)COCC1C. The highest BCUT2D eigenvalue weighted by molar-refractivity contribution is 7.10. The summed E-state index contributed by atoms with van der Waals surface area (Å²) < 4.78 is 5.45. The molecule has 2 rings (SSSR count). The van der Waals surface area contributed by atoms with Crippen LogP contribution in [0.2, 0.25) is 0 Å². The van der Waals surface area contributed by atoms with E-state index in [9.17, 15) is 4.79 Å². The molecule has 1 aromatic rings. The number of hydrogen-bond acceptors (Lipinski definition) is 3. The van der Waals surface area contributed by atoms with E-state index in [1.54, 1.807) is 11.3 Å². The zero-order valence-corrected chi connectivity index (χ0v) is 11.9. The third kappa shape index (κ3) is 2.82. The van der Waals surface area contributed by atoms with E-state index in [2.05, 4.69) is 0 Å². The van der Waals surface area contributed by atoms with Crippen LogP contribution >= 0.6 is 11.3 Å². The normalized spacial score (nSPS) is 25.3. The van der Waals surface area contributed by atoms with E-state index in [1.165, 1.54) is 0 Å². The molecular weight excluding hydrogens is 246 g/mol. The van der Waals surface area contributed by atoms with Crippen molar-refractivity contribution in [2.45, 2.75) is 32.9 Å². The van der Waals surface area contributed by atoms with Crippen LogP contribution in [-0.4, -0.2) is 36.1 Å². The highest BCUT2D eigenvalue weighted by Gasteiger charge is 2.30. The predicted molar refractivity (Wildman–Crippen MR) is 74.6 cm³/mol. The molecule has 18 heavy (non-hydrogen) atoms. The average Bonchev–Trinajstić information content (AvgIpc) is 2.81. The summed E-state index contributed by atoms with van der Waals surface area (Å²) in [6.45, 7) is 7.21. The average molecular weight is 265 g/mol. The second-order valence-electron chi connectivity index (χ2n) is 4.79. The van der Waals surface area contributed by atoms with E-state index in [0.29, 0.717) is 13.2 Å². The van der Waals surface area contributed by atoms with E-state index in [-0.39, 0.29) is 18.0 Å². The first-order valence-corrected chi connectivity index (χ1v) is 7.09. The van der Waals surface area contributed by atoms with Crippen molar-refractivity contribution in [3.05, 3.63) is 28.0 Å². The maximum atomic E-state index is 12.5. The number of morpholine rings is 1. The number of carbonyl (C=O) groups is 1. The molecule has 2 heterocycles. The summed E-state index contributed by atoms with van der Waals surface area (Å²) in [4.78, 5) is 15.5. The van der Waals surface area contributed by atoms with Crippen molar-refractivity contribution < 1.29 is 9.53 Å². The first-order chi connectivity index (χ1) is 8.59. The largest absolute Gasteiger partial charge is 0.377 e. The smallest absolute Gasteiger partial charge is 0.250 e. The summed E-state index contributed by atoms with van der Waals surface area (Å²) in [5, 5.41) is 2.02. The molecule has 0 bridgehead atoms. The molecule has 0 saturated carbocycles. The van der Waals surface area contributed by atoms with Gasteiger partial charge in [-0.1, -0.05) is 6.07 Å². The van der Waals surface area contributed by atoms with Gasteiger partial charge in [0.25, 0.3) is 0 Å². The second kappa shape index (κ2) is 5.67. The van der Waals surface area contributed by atoms with Crippen LogP contribution in [-0.2, 0) is 9.53 Å². The molecule has 98 valence electrons. The Hall–Kier alpha value is -1.13. The molecule has 0 aromatic carbocycles. The predicted octanol–water partition coefficient (Wildman–Crippen LogP) is 2.79. The van der Waals surface area contributed by atoms with Gasteiger partial charge in [-0.3, -0.25) is 4.79 Å². The molecule has 0 radical (unpaired) electrons. The van der Waals surface area contributed by atoms with Crippen molar-refractivity contribution in [2.75, 3.05) is 13.2 Å². The molecule has 3 nitrogen and oxygen atoms in total. The lowest BCUT2D eigenvalue weighted by molar-refractivity contribution is -0.139. The molecule has 0 N–H and O–H groups in total. The summed E-state index contributed by atoms with van der Waals surface area (Å²) in [6, 6.07) is 4.31. The van der Waals surface area contributed by atoms with Crippen LogP contribution in [0.25, 0.3) is 6.08 Å². The summed E-state index contributed by atoms with van der Waals surface area (Å²) in [7, 11) is 0. The van der Waals surface area contributed by atoms with Crippen LogP contribution in [0.15, 0.2) is 23.1 Å². The number of carbonyl (C=O) groups excluding carboxylic acids is 1. The Morgan fingerprint density at radius 1 is 1.44 bits per heavy atom. The van der Waals surface area contributed by atoms with Gasteiger partial charge in [-0.15, -0.1) is 11.3 Å². The standard InChI is InChI=1S/C14H19NO2S/c1-10(7-13-5-4-6-18-13)14(16)15-11(2)8-17-9-12(15)3/h4-7,11-12H,8-9H2,1-3H3/b10-7+. The quantitative estimate of drug-likeness (QED) is 0.770. The fourth-order valence-electron chi connectivity index (χ4n) is 2.26. The highest BCUT2D eigenvalue weighted by atomic mass is 32.1. The van der Waals surface area contributed by atoms with Crippen LogP contribution in [0.4, 0.5) is 0 Å². The van der Waals surface area contributed by atoms with Crippen molar-refractivity contribution >= 4 is 23.3 Å². The molecule has 1 aliphatic heterocycles. The Morgan fingerprint density at radius 3 is 2.67 bits per heavy atom. The molecule has 0 aliphatic carbocycles. The zero-order chi connectivity index (χ0) is 13.1. The van der Waals surface area contributed by atoms with E-state index >= 15 is 0 Å². The number of amides is 1. The van der Waals surface area contributed by atoms with Gasteiger partial charge in [0.2, 0.25) is 5.91 Å². The van der Waals surface area contributed by atoms with Gasteiger partial charge in [-0.05, 0) is 38.3 Å². The highest BCUT2D eigenvalue weighted by Crippen LogP contribution is 2.19. The minimum atomic E-state index is 0.117. The molecule has 1 aliphatic rings. The van der Waals surface area contributed by atoms with Crippen molar-refractivity contribution in [2.24, 2.45) is 0 Å². The van der Waals surface area contributed by atoms with Crippen molar-refractivity contribution in [3.63, 3.8) is 0 Å². The molecule has 2 unspecified atom stereocenters. The number of nitrogens with zero attached hydrogens (tertiary/aromatic N) is 1. The summed E-state index contributed by atoms with van der Waals surface area (Å²) in [6.07, 6.45) is 1.96. The van der Waals surface area contributed by atoms with Crippen molar-refractivity contribution in [1.29, 1.82) is 0 Å². The van der Waals surface area contributed by atoms with Crippen LogP contribution < -0.4 is 0 Å². The Kier molecular flexibility index (Phi) is 4.19. The maximum Gasteiger partial charge on any atom is 0.250 e. The number of rotatable bonds is 2. The van der Waals surface area contributed by atoms with E-state index < -0.39 is 0 Å². The van der Waals surface area contributed by atoms with Crippen LogP contribution in [0.1, 0.15) is 25.6 Å². The Balaban J connectivity index is 2.15. The Labute approximate surface area is 112 Å². The molecule has 1 amide bonds. The lowest BCUT2D eigenvalue weighted by Crippen LogP contribution is -2.52. The lowest BCUT2D eigenvalue weighted by Gasteiger charge is -2.39. The topological polar surface area (TPSA) is 29.5 Å². The third-order valence-corrected chi connectivity index (χ3v) is 3.96. The van der Waals surface area contributed by atoms with E-state index in [4.69, 9.17) is 4.74 Å².